The van der Waals surface area contributed by atoms with Crippen LogP contribution in [-0.2, 0) is 0 Å². The standard InChI is InChI=1S/C22H29NO2/c1-17(2)16-21(18-8-6-5-7-9-18)22(24)19-10-12-20(13-11-19)25-15-14-23(3)4/h5-13,17,21H,14-16H2,1-4H3. The molecule has 25 heavy (non-hydrogen) atoms. The van der Waals surface area contributed by atoms with Crippen LogP contribution < -0.4 is 4.74 Å². The first-order valence-electron chi connectivity index (χ1n) is 8.94. The van der Waals surface area contributed by atoms with Crippen molar-refractivity contribution in [2.24, 2.45) is 5.92 Å². The lowest BCUT2D eigenvalue weighted by atomic mass is 9.84. The van der Waals surface area contributed by atoms with Gasteiger partial charge in [-0.25, -0.2) is 0 Å². The summed E-state index contributed by atoms with van der Waals surface area (Å²) in [5.41, 5.74) is 1.84. The summed E-state index contributed by atoms with van der Waals surface area (Å²) in [4.78, 5) is 15.1. The average molecular weight is 339 g/mol. The van der Waals surface area contributed by atoms with Crippen LogP contribution in [0, 0.1) is 5.92 Å². The Morgan fingerprint density at radius 1 is 1.00 bits per heavy atom. The van der Waals surface area contributed by atoms with Gasteiger partial charge in [0, 0.05) is 18.0 Å². The first kappa shape index (κ1) is 19.2. The molecule has 0 bridgehead atoms. The summed E-state index contributed by atoms with van der Waals surface area (Å²) in [5, 5.41) is 0. The van der Waals surface area contributed by atoms with E-state index in [1.54, 1.807) is 0 Å². The topological polar surface area (TPSA) is 29.5 Å². The van der Waals surface area contributed by atoms with Crippen LogP contribution in [0.25, 0.3) is 0 Å². The third kappa shape index (κ3) is 6.02. The average Bonchev–Trinajstić information content (AvgIpc) is 2.60. The lowest BCUT2D eigenvalue weighted by molar-refractivity contribution is 0.0948. The fourth-order valence-electron chi connectivity index (χ4n) is 2.81. The highest BCUT2D eigenvalue weighted by Gasteiger charge is 2.23. The van der Waals surface area contributed by atoms with Crippen LogP contribution in [0.4, 0.5) is 0 Å². The summed E-state index contributed by atoms with van der Waals surface area (Å²) in [5.74, 6) is 1.35. The van der Waals surface area contributed by atoms with E-state index in [4.69, 9.17) is 4.74 Å². The highest BCUT2D eigenvalue weighted by Crippen LogP contribution is 2.28. The van der Waals surface area contributed by atoms with Crippen LogP contribution in [0.2, 0.25) is 0 Å². The van der Waals surface area contributed by atoms with E-state index in [1.807, 2.05) is 68.7 Å². The molecule has 0 aromatic heterocycles. The van der Waals surface area contributed by atoms with E-state index in [0.29, 0.717) is 12.5 Å². The zero-order valence-electron chi connectivity index (χ0n) is 15.7. The van der Waals surface area contributed by atoms with Gasteiger partial charge in [-0.1, -0.05) is 44.2 Å². The second-order valence-corrected chi connectivity index (χ2v) is 7.13. The Morgan fingerprint density at radius 2 is 1.64 bits per heavy atom. The molecule has 2 aromatic carbocycles. The van der Waals surface area contributed by atoms with Gasteiger partial charge in [0.25, 0.3) is 0 Å². The van der Waals surface area contributed by atoms with E-state index in [2.05, 4.69) is 18.7 Å². The number of hydrogen-bond donors (Lipinski definition) is 0. The van der Waals surface area contributed by atoms with E-state index in [0.717, 1.165) is 29.8 Å². The fourth-order valence-corrected chi connectivity index (χ4v) is 2.81. The SMILES string of the molecule is CC(C)CC(C(=O)c1ccc(OCCN(C)C)cc1)c1ccccc1. The Bertz CT molecular complexity index is 647. The van der Waals surface area contributed by atoms with Crippen molar-refractivity contribution in [3.8, 4) is 5.75 Å². The van der Waals surface area contributed by atoms with Crippen molar-refractivity contribution in [1.29, 1.82) is 0 Å². The van der Waals surface area contributed by atoms with E-state index in [-0.39, 0.29) is 11.7 Å². The van der Waals surface area contributed by atoms with Gasteiger partial charge in [0.15, 0.2) is 5.78 Å². The maximum absolute atomic E-state index is 13.0. The fraction of sp³-hybridized carbons (Fsp3) is 0.409. The summed E-state index contributed by atoms with van der Waals surface area (Å²) < 4.78 is 5.71. The molecule has 2 rings (SSSR count). The Morgan fingerprint density at radius 3 is 2.20 bits per heavy atom. The molecule has 0 radical (unpaired) electrons. The molecular formula is C22H29NO2. The number of carbonyl (C=O) groups excluding carboxylic acids is 1. The summed E-state index contributed by atoms with van der Waals surface area (Å²) in [6.45, 7) is 5.82. The summed E-state index contributed by atoms with van der Waals surface area (Å²) >= 11 is 0. The van der Waals surface area contributed by atoms with E-state index in [1.165, 1.54) is 0 Å². The number of likely N-dealkylation sites (N-methyl/N-ethyl adjacent to an activating group) is 1. The highest BCUT2D eigenvalue weighted by atomic mass is 16.5. The van der Waals surface area contributed by atoms with E-state index in [9.17, 15) is 4.79 Å². The minimum atomic E-state index is -0.0956. The maximum Gasteiger partial charge on any atom is 0.170 e. The molecule has 2 aromatic rings. The molecule has 0 aliphatic heterocycles. The molecule has 3 heteroatoms. The van der Waals surface area contributed by atoms with Crippen LogP contribution in [0.5, 0.6) is 5.75 Å². The van der Waals surface area contributed by atoms with Crippen molar-refractivity contribution in [3.63, 3.8) is 0 Å². The lowest BCUT2D eigenvalue weighted by Crippen LogP contribution is -2.19. The zero-order valence-corrected chi connectivity index (χ0v) is 15.7. The van der Waals surface area contributed by atoms with Crippen molar-refractivity contribution in [3.05, 3.63) is 65.7 Å². The predicted molar refractivity (Wildman–Crippen MR) is 103 cm³/mol. The van der Waals surface area contributed by atoms with Crippen LogP contribution in [0.15, 0.2) is 54.6 Å². The summed E-state index contributed by atoms with van der Waals surface area (Å²) in [7, 11) is 4.03. The van der Waals surface area contributed by atoms with E-state index >= 15 is 0 Å². The Balaban J connectivity index is 2.10. The van der Waals surface area contributed by atoms with Gasteiger partial charge in [0.2, 0.25) is 0 Å². The van der Waals surface area contributed by atoms with Crippen molar-refractivity contribution < 1.29 is 9.53 Å². The number of rotatable bonds is 9. The number of hydrogen-bond acceptors (Lipinski definition) is 3. The van der Waals surface area contributed by atoms with Crippen LogP contribution in [0.3, 0.4) is 0 Å². The minimum absolute atomic E-state index is 0.0956. The van der Waals surface area contributed by atoms with E-state index < -0.39 is 0 Å². The van der Waals surface area contributed by atoms with Crippen molar-refractivity contribution in [1.82, 2.24) is 4.90 Å². The number of ketones is 1. The van der Waals surface area contributed by atoms with Gasteiger partial charge in [-0.05, 0) is 56.3 Å². The molecule has 3 nitrogen and oxygen atoms in total. The third-order valence-electron chi connectivity index (χ3n) is 4.17. The number of nitrogens with zero attached hydrogens (tertiary/aromatic N) is 1. The van der Waals surface area contributed by atoms with Gasteiger partial charge >= 0.3 is 0 Å². The molecule has 0 aliphatic carbocycles. The van der Waals surface area contributed by atoms with Gasteiger partial charge in [-0.3, -0.25) is 4.79 Å². The molecule has 0 saturated heterocycles. The second-order valence-electron chi connectivity index (χ2n) is 7.13. The summed E-state index contributed by atoms with van der Waals surface area (Å²) in [6.07, 6.45) is 0.851. The van der Waals surface area contributed by atoms with Crippen molar-refractivity contribution >= 4 is 5.78 Å². The molecule has 0 amide bonds. The molecule has 0 heterocycles. The largest absolute Gasteiger partial charge is 0.492 e. The Kier molecular flexibility index (Phi) is 7.20. The second kappa shape index (κ2) is 9.38. The molecule has 0 fully saturated rings. The Labute approximate surface area is 151 Å². The molecule has 0 saturated carbocycles. The zero-order chi connectivity index (χ0) is 18.2. The van der Waals surface area contributed by atoms with Crippen LogP contribution >= 0.6 is 0 Å². The third-order valence-corrected chi connectivity index (χ3v) is 4.17. The maximum atomic E-state index is 13.0. The van der Waals surface area contributed by atoms with Gasteiger partial charge in [-0.15, -0.1) is 0 Å². The lowest BCUT2D eigenvalue weighted by Gasteiger charge is -2.19. The predicted octanol–water partition coefficient (Wildman–Crippen LogP) is 4.64. The molecule has 0 aliphatic rings. The minimum Gasteiger partial charge on any atom is -0.492 e. The normalized spacial score (nSPS) is 12.4. The number of benzene rings is 2. The van der Waals surface area contributed by atoms with Gasteiger partial charge < -0.3 is 9.64 Å². The monoisotopic (exact) mass is 339 g/mol. The van der Waals surface area contributed by atoms with Gasteiger partial charge in [0.1, 0.15) is 12.4 Å². The number of carbonyl (C=O) groups is 1. The van der Waals surface area contributed by atoms with Crippen LogP contribution in [0.1, 0.15) is 42.1 Å². The molecule has 0 N–H and O–H groups in total. The molecule has 0 spiro atoms. The molecular weight excluding hydrogens is 310 g/mol. The quantitative estimate of drug-likeness (QED) is 0.623. The molecule has 134 valence electrons. The smallest absolute Gasteiger partial charge is 0.170 e. The van der Waals surface area contributed by atoms with Crippen molar-refractivity contribution in [2.45, 2.75) is 26.2 Å². The first-order chi connectivity index (χ1) is 12.0. The number of Topliss-reactive ketones (excluding diaryl/α,β-unsaturated/α-hetero) is 1. The summed E-state index contributed by atoms with van der Waals surface area (Å²) in [6, 6.07) is 17.6. The van der Waals surface area contributed by atoms with Gasteiger partial charge in [0.05, 0.1) is 0 Å². The van der Waals surface area contributed by atoms with Crippen molar-refractivity contribution in [2.75, 3.05) is 27.2 Å². The Hall–Kier alpha value is -2.13. The van der Waals surface area contributed by atoms with Crippen LogP contribution in [-0.4, -0.2) is 37.9 Å². The first-order valence-corrected chi connectivity index (χ1v) is 8.94. The molecule has 1 unspecified atom stereocenters. The highest BCUT2D eigenvalue weighted by molar-refractivity contribution is 6.01. The molecule has 1 atom stereocenters. The van der Waals surface area contributed by atoms with Gasteiger partial charge in [-0.2, -0.15) is 0 Å². The number of ether oxygens (including phenoxy) is 1.